The van der Waals surface area contributed by atoms with Crippen LogP contribution in [0.3, 0.4) is 0 Å². The predicted octanol–water partition coefficient (Wildman–Crippen LogP) is 3.50. The number of rotatable bonds is 7. The zero-order valence-corrected chi connectivity index (χ0v) is 16.1. The highest BCUT2D eigenvalue weighted by Crippen LogP contribution is 2.18. The Bertz CT molecular complexity index is 901. The number of anilines is 1. The lowest BCUT2D eigenvalue weighted by Crippen LogP contribution is -2.26. The molecule has 0 bridgehead atoms. The van der Waals surface area contributed by atoms with Crippen LogP contribution in [0, 0.1) is 5.92 Å². The minimum Gasteiger partial charge on any atom is -0.350 e. The Hall–Kier alpha value is -2.93. The topological polar surface area (TPSA) is 76.0 Å². The first-order valence-electron chi connectivity index (χ1n) is 8.81. The van der Waals surface area contributed by atoms with E-state index in [9.17, 15) is 9.59 Å². The fourth-order valence-corrected chi connectivity index (χ4v) is 3.17. The third-order valence-electron chi connectivity index (χ3n) is 3.96. The van der Waals surface area contributed by atoms with Crippen LogP contribution in [0.1, 0.15) is 29.2 Å². The van der Waals surface area contributed by atoms with Crippen molar-refractivity contribution in [3.05, 3.63) is 64.5 Å². The zero-order valence-electron chi connectivity index (χ0n) is 15.3. The Morgan fingerprint density at radius 1 is 1.15 bits per heavy atom. The van der Waals surface area contributed by atoms with Crippen LogP contribution in [-0.4, -0.2) is 28.1 Å². The van der Waals surface area contributed by atoms with E-state index in [-0.39, 0.29) is 23.4 Å². The number of thiophene rings is 1. The minimum absolute atomic E-state index is 0.128. The fourth-order valence-electron chi connectivity index (χ4n) is 2.46. The van der Waals surface area contributed by atoms with E-state index in [0.717, 1.165) is 12.1 Å². The van der Waals surface area contributed by atoms with E-state index in [1.54, 1.807) is 22.1 Å². The molecule has 0 atom stereocenters. The number of nitrogens with one attached hydrogen (secondary N) is 2. The lowest BCUT2D eigenvalue weighted by atomic mass is 10.2. The third kappa shape index (κ3) is 4.83. The number of hydrogen-bond donors (Lipinski definition) is 2. The summed E-state index contributed by atoms with van der Waals surface area (Å²) in [6.07, 6.45) is 0.778. The molecule has 2 N–H and O–H groups in total. The molecule has 3 rings (SSSR count). The molecule has 6 nitrogen and oxygen atoms in total. The quantitative estimate of drug-likeness (QED) is 0.657. The van der Waals surface area contributed by atoms with Crippen molar-refractivity contribution in [2.45, 2.75) is 20.3 Å². The van der Waals surface area contributed by atoms with Gasteiger partial charge in [0.25, 0.3) is 5.91 Å². The van der Waals surface area contributed by atoms with Gasteiger partial charge in [0.2, 0.25) is 5.91 Å². The molecule has 2 heterocycles. The van der Waals surface area contributed by atoms with Crippen molar-refractivity contribution in [2.24, 2.45) is 5.92 Å². The highest BCUT2D eigenvalue weighted by Gasteiger charge is 2.18. The molecule has 0 radical (unpaired) electrons. The fraction of sp³-hybridized carbons (Fsp3) is 0.250. The van der Waals surface area contributed by atoms with Crippen LogP contribution in [-0.2, 0) is 11.2 Å². The number of nitrogens with zero attached hydrogens (tertiary/aromatic N) is 2. The maximum absolute atomic E-state index is 12.5. The molecule has 1 aromatic carbocycles. The molecule has 0 aliphatic carbocycles. The molecule has 27 heavy (non-hydrogen) atoms. The van der Waals surface area contributed by atoms with Gasteiger partial charge < -0.3 is 10.6 Å². The lowest BCUT2D eigenvalue weighted by molar-refractivity contribution is -0.118. The summed E-state index contributed by atoms with van der Waals surface area (Å²) in [5.41, 5.74) is 1.04. The van der Waals surface area contributed by atoms with Gasteiger partial charge in [0.05, 0.1) is 5.69 Å². The molecule has 0 aliphatic heterocycles. The van der Waals surface area contributed by atoms with Crippen LogP contribution >= 0.6 is 11.3 Å². The second kappa shape index (κ2) is 8.64. The van der Waals surface area contributed by atoms with Crippen molar-refractivity contribution < 1.29 is 9.59 Å². The molecule has 2 amide bonds. The molecule has 0 spiro atoms. The van der Waals surface area contributed by atoms with Crippen molar-refractivity contribution in [1.82, 2.24) is 15.1 Å². The Morgan fingerprint density at radius 3 is 2.59 bits per heavy atom. The van der Waals surface area contributed by atoms with Crippen molar-refractivity contribution in [1.29, 1.82) is 0 Å². The lowest BCUT2D eigenvalue weighted by Gasteiger charge is -2.10. The van der Waals surface area contributed by atoms with Crippen molar-refractivity contribution in [3.63, 3.8) is 0 Å². The molecular formula is C20H22N4O2S. The Balaban J connectivity index is 1.77. The molecule has 7 heteroatoms. The van der Waals surface area contributed by atoms with Crippen LogP contribution in [0.15, 0.2) is 53.9 Å². The number of carbonyl (C=O) groups excluding carboxylic acids is 2. The van der Waals surface area contributed by atoms with Gasteiger partial charge >= 0.3 is 0 Å². The summed E-state index contributed by atoms with van der Waals surface area (Å²) in [6.45, 7) is 4.17. The van der Waals surface area contributed by atoms with Crippen LogP contribution in [0.25, 0.3) is 5.69 Å². The number of benzene rings is 1. The number of amides is 2. The smallest absolute Gasteiger partial charge is 0.271 e. The maximum atomic E-state index is 12.5. The minimum atomic E-state index is -0.263. The van der Waals surface area contributed by atoms with E-state index in [4.69, 9.17) is 0 Å². The molecule has 0 aliphatic rings. The van der Waals surface area contributed by atoms with Gasteiger partial charge in [-0.25, -0.2) is 4.68 Å². The average molecular weight is 382 g/mol. The molecule has 2 aromatic heterocycles. The molecule has 0 unspecified atom stereocenters. The number of carbonyl (C=O) groups is 2. The molecule has 0 saturated heterocycles. The molecule has 0 saturated carbocycles. The third-order valence-corrected chi connectivity index (χ3v) is 4.89. The van der Waals surface area contributed by atoms with E-state index in [0.29, 0.717) is 12.4 Å². The second-order valence-corrected chi connectivity index (χ2v) is 7.42. The van der Waals surface area contributed by atoms with Gasteiger partial charge in [-0.1, -0.05) is 38.1 Å². The summed E-state index contributed by atoms with van der Waals surface area (Å²) in [7, 11) is 0. The van der Waals surface area contributed by atoms with Crippen molar-refractivity contribution >= 4 is 29.0 Å². The van der Waals surface area contributed by atoms with Gasteiger partial charge in [0.15, 0.2) is 5.69 Å². The van der Waals surface area contributed by atoms with E-state index in [1.165, 1.54) is 4.88 Å². The average Bonchev–Trinajstić information content (AvgIpc) is 3.32. The molecular weight excluding hydrogens is 360 g/mol. The maximum Gasteiger partial charge on any atom is 0.271 e. The van der Waals surface area contributed by atoms with Crippen LogP contribution < -0.4 is 10.6 Å². The van der Waals surface area contributed by atoms with Gasteiger partial charge in [-0.15, -0.1) is 11.3 Å². The van der Waals surface area contributed by atoms with E-state index in [2.05, 4.69) is 15.7 Å². The van der Waals surface area contributed by atoms with Crippen LogP contribution in [0.4, 0.5) is 5.82 Å². The van der Waals surface area contributed by atoms with E-state index in [1.807, 2.05) is 61.7 Å². The molecule has 0 fully saturated rings. The number of hydrogen-bond acceptors (Lipinski definition) is 4. The highest BCUT2D eigenvalue weighted by atomic mass is 32.1. The van der Waals surface area contributed by atoms with Gasteiger partial charge in [0.1, 0.15) is 5.82 Å². The van der Waals surface area contributed by atoms with Gasteiger partial charge in [0, 0.05) is 23.4 Å². The predicted molar refractivity (Wildman–Crippen MR) is 107 cm³/mol. The van der Waals surface area contributed by atoms with Crippen LogP contribution in [0.5, 0.6) is 0 Å². The normalized spacial score (nSPS) is 10.8. The summed E-state index contributed by atoms with van der Waals surface area (Å²) < 4.78 is 1.58. The number of para-hydroxylation sites is 1. The Labute approximate surface area is 162 Å². The first-order valence-corrected chi connectivity index (χ1v) is 9.69. The van der Waals surface area contributed by atoms with E-state index < -0.39 is 0 Å². The summed E-state index contributed by atoms with van der Waals surface area (Å²) >= 11 is 1.67. The summed E-state index contributed by atoms with van der Waals surface area (Å²) in [4.78, 5) is 25.8. The Kier molecular flexibility index (Phi) is 6.03. The highest BCUT2D eigenvalue weighted by molar-refractivity contribution is 7.09. The standard InChI is InChI=1S/C20H22N4O2S/c1-14(2)19(25)22-18-13-17(23-24(18)15-7-4-3-5-8-15)20(26)21-11-10-16-9-6-12-27-16/h3-9,12-14H,10-11H2,1-2H3,(H,21,26)(H,22,25). The number of aromatic nitrogens is 2. The van der Waals surface area contributed by atoms with Crippen LogP contribution in [0.2, 0.25) is 0 Å². The zero-order chi connectivity index (χ0) is 19.2. The molecule has 140 valence electrons. The largest absolute Gasteiger partial charge is 0.350 e. The van der Waals surface area contributed by atoms with Gasteiger partial charge in [-0.3, -0.25) is 9.59 Å². The van der Waals surface area contributed by atoms with E-state index >= 15 is 0 Å². The second-order valence-electron chi connectivity index (χ2n) is 6.39. The summed E-state index contributed by atoms with van der Waals surface area (Å²) in [5.74, 6) is -0.0893. The SMILES string of the molecule is CC(C)C(=O)Nc1cc(C(=O)NCCc2cccs2)nn1-c1ccccc1. The van der Waals surface area contributed by atoms with Crippen molar-refractivity contribution in [3.8, 4) is 5.69 Å². The van der Waals surface area contributed by atoms with Crippen molar-refractivity contribution in [2.75, 3.05) is 11.9 Å². The summed E-state index contributed by atoms with van der Waals surface area (Å²) in [5, 5.41) is 12.1. The molecule has 3 aromatic rings. The van der Waals surface area contributed by atoms with Gasteiger partial charge in [-0.05, 0) is 30.0 Å². The van der Waals surface area contributed by atoms with Gasteiger partial charge in [-0.2, -0.15) is 5.10 Å². The first kappa shape index (κ1) is 18.8. The monoisotopic (exact) mass is 382 g/mol. The summed E-state index contributed by atoms with van der Waals surface area (Å²) in [6, 6.07) is 15.0. The first-order chi connectivity index (χ1) is 13.0. The Morgan fingerprint density at radius 2 is 1.93 bits per heavy atom.